The standard InChI is InChI=1S/C19H22ClNO2S/c1-14-12-17(8-9-18(14)20)23-15(2)19(22)21-10-11-24-13-16-6-4-3-5-7-16/h3-9,12,15H,10-11,13H2,1-2H3,(H,21,22)/t15-/m0/s1. The van der Waals surface area contributed by atoms with Gasteiger partial charge < -0.3 is 10.1 Å². The highest BCUT2D eigenvalue weighted by Crippen LogP contribution is 2.21. The Morgan fingerprint density at radius 1 is 1.25 bits per heavy atom. The second kappa shape index (κ2) is 9.60. The molecule has 128 valence electrons. The quantitative estimate of drug-likeness (QED) is 0.703. The fourth-order valence-electron chi connectivity index (χ4n) is 2.10. The van der Waals surface area contributed by atoms with Gasteiger partial charge in [-0.2, -0.15) is 11.8 Å². The third kappa shape index (κ3) is 6.10. The van der Waals surface area contributed by atoms with Crippen molar-refractivity contribution in [3.05, 3.63) is 64.7 Å². The van der Waals surface area contributed by atoms with Crippen LogP contribution in [0.3, 0.4) is 0 Å². The van der Waals surface area contributed by atoms with E-state index < -0.39 is 6.10 Å². The molecule has 0 heterocycles. The number of hydrogen-bond acceptors (Lipinski definition) is 3. The Balaban J connectivity index is 1.67. The van der Waals surface area contributed by atoms with Crippen LogP contribution in [0.1, 0.15) is 18.1 Å². The number of carbonyl (C=O) groups is 1. The van der Waals surface area contributed by atoms with Gasteiger partial charge in [-0.1, -0.05) is 41.9 Å². The Morgan fingerprint density at radius 2 is 2.00 bits per heavy atom. The molecule has 2 rings (SSSR count). The molecule has 0 radical (unpaired) electrons. The maximum absolute atomic E-state index is 12.1. The van der Waals surface area contributed by atoms with Crippen molar-refractivity contribution in [1.82, 2.24) is 5.32 Å². The van der Waals surface area contributed by atoms with Crippen molar-refractivity contribution in [2.24, 2.45) is 0 Å². The van der Waals surface area contributed by atoms with Gasteiger partial charge in [0.1, 0.15) is 5.75 Å². The van der Waals surface area contributed by atoms with Crippen LogP contribution in [0.4, 0.5) is 0 Å². The molecule has 0 aliphatic rings. The lowest BCUT2D eigenvalue weighted by Crippen LogP contribution is -2.37. The second-order valence-electron chi connectivity index (χ2n) is 5.50. The van der Waals surface area contributed by atoms with E-state index in [-0.39, 0.29) is 5.91 Å². The van der Waals surface area contributed by atoms with Crippen LogP contribution in [0.15, 0.2) is 48.5 Å². The fourth-order valence-corrected chi connectivity index (χ4v) is 3.04. The Bertz CT molecular complexity index is 664. The molecule has 0 unspecified atom stereocenters. The molecule has 0 saturated heterocycles. The molecule has 0 aliphatic carbocycles. The summed E-state index contributed by atoms with van der Waals surface area (Å²) in [4.78, 5) is 12.1. The number of halogens is 1. The van der Waals surface area contributed by atoms with Gasteiger partial charge in [-0.05, 0) is 43.2 Å². The van der Waals surface area contributed by atoms with Crippen LogP contribution >= 0.6 is 23.4 Å². The van der Waals surface area contributed by atoms with Crippen molar-refractivity contribution in [3.8, 4) is 5.75 Å². The van der Waals surface area contributed by atoms with E-state index in [1.807, 2.05) is 31.2 Å². The first-order valence-corrected chi connectivity index (χ1v) is 9.41. The molecule has 24 heavy (non-hydrogen) atoms. The molecule has 0 saturated carbocycles. The topological polar surface area (TPSA) is 38.3 Å². The first kappa shape index (κ1) is 18.7. The summed E-state index contributed by atoms with van der Waals surface area (Å²) in [6, 6.07) is 15.7. The summed E-state index contributed by atoms with van der Waals surface area (Å²) in [6.07, 6.45) is -0.537. The number of thioether (sulfide) groups is 1. The average Bonchev–Trinajstić information content (AvgIpc) is 2.58. The summed E-state index contributed by atoms with van der Waals surface area (Å²) in [5, 5.41) is 3.59. The SMILES string of the molecule is Cc1cc(O[C@@H](C)C(=O)NCCSCc2ccccc2)ccc1Cl. The van der Waals surface area contributed by atoms with E-state index in [1.54, 1.807) is 30.8 Å². The normalized spacial score (nSPS) is 11.8. The average molecular weight is 364 g/mol. The predicted octanol–water partition coefficient (Wildman–Crippen LogP) is 4.47. The maximum atomic E-state index is 12.1. The molecular formula is C19H22ClNO2S. The van der Waals surface area contributed by atoms with E-state index in [4.69, 9.17) is 16.3 Å². The number of rotatable bonds is 8. The highest BCUT2D eigenvalue weighted by atomic mass is 35.5. The van der Waals surface area contributed by atoms with Crippen LogP contribution in [-0.2, 0) is 10.5 Å². The number of amides is 1. The van der Waals surface area contributed by atoms with Crippen molar-refractivity contribution >= 4 is 29.3 Å². The van der Waals surface area contributed by atoms with Gasteiger partial charge >= 0.3 is 0 Å². The summed E-state index contributed by atoms with van der Waals surface area (Å²) in [6.45, 7) is 4.28. The first-order valence-electron chi connectivity index (χ1n) is 7.88. The lowest BCUT2D eigenvalue weighted by molar-refractivity contribution is -0.127. The van der Waals surface area contributed by atoms with E-state index in [0.29, 0.717) is 17.3 Å². The van der Waals surface area contributed by atoms with E-state index in [9.17, 15) is 4.79 Å². The van der Waals surface area contributed by atoms with Gasteiger partial charge in [-0.25, -0.2) is 0 Å². The molecule has 1 amide bonds. The minimum atomic E-state index is -0.537. The molecule has 3 nitrogen and oxygen atoms in total. The third-order valence-electron chi connectivity index (χ3n) is 3.47. The van der Waals surface area contributed by atoms with Gasteiger partial charge in [0.25, 0.3) is 5.91 Å². The Kier molecular flexibility index (Phi) is 7.47. The zero-order chi connectivity index (χ0) is 17.4. The number of ether oxygens (including phenoxy) is 1. The van der Waals surface area contributed by atoms with Crippen molar-refractivity contribution in [1.29, 1.82) is 0 Å². The monoisotopic (exact) mass is 363 g/mol. The third-order valence-corrected chi connectivity index (χ3v) is 4.92. The molecule has 0 bridgehead atoms. The first-order chi connectivity index (χ1) is 11.6. The van der Waals surface area contributed by atoms with Crippen molar-refractivity contribution in [2.75, 3.05) is 12.3 Å². The number of nitrogens with one attached hydrogen (secondary N) is 1. The van der Waals surface area contributed by atoms with Gasteiger partial charge in [0.05, 0.1) is 0 Å². The van der Waals surface area contributed by atoms with Gasteiger partial charge in [-0.3, -0.25) is 4.79 Å². The minimum Gasteiger partial charge on any atom is -0.481 e. The summed E-state index contributed by atoms with van der Waals surface area (Å²) in [7, 11) is 0. The lowest BCUT2D eigenvalue weighted by Gasteiger charge is -2.15. The van der Waals surface area contributed by atoms with Crippen LogP contribution in [0.2, 0.25) is 5.02 Å². The maximum Gasteiger partial charge on any atom is 0.260 e. The van der Waals surface area contributed by atoms with Gasteiger partial charge in [0.15, 0.2) is 6.10 Å². The van der Waals surface area contributed by atoms with Crippen molar-refractivity contribution < 1.29 is 9.53 Å². The van der Waals surface area contributed by atoms with Crippen LogP contribution in [0.25, 0.3) is 0 Å². The zero-order valence-electron chi connectivity index (χ0n) is 13.9. The summed E-state index contributed by atoms with van der Waals surface area (Å²) in [5.74, 6) is 2.36. The molecule has 2 aromatic rings. The molecule has 1 N–H and O–H groups in total. The molecule has 0 aliphatic heterocycles. The zero-order valence-corrected chi connectivity index (χ0v) is 15.5. The van der Waals surface area contributed by atoms with Crippen LogP contribution in [0, 0.1) is 6.92 Å². The Labute approximate surface area is 152 Å². The Morgan fingerprint density at radius 3 is 2.71 bits per heavy atom. The molecule has 0 fully saturated rings. The predicted molar refractivity (Wildman–Crippen MR) is 102 cm³/mol. The molecular weight excluding hydrogens is 342 g/mol. The smallest absolute Gasteiger partial charge is 0.260 e. The largest absolute Gasteiger partial charge is 0.481 e. The van der Waals surface area contributed by atoms with Crippen LogP contribution in [0.5, 0.6) is 5.75 Å². The van der Waals surface area contributed by atoms with Crippen LogP contribution < -0.4 is 10.1 Å². The number of hydrogen-bond donors (Lipinski definition) is 1. The number of carbonyl (C=O) groups excluding carboxylic acids is 1. The Hall–Kier alpha value is -1.65. The fraction of sp³-hybridized carbons (Fsp3) is 0.316. The van der Waals surface area contributed by atoms with Crippen LogP contribution in [-0.4, -0.2) is 24.3 Å². The lowest BCUT2D eigenvalue weighted by atomic mass is 10.2. The highest BCUT2D eigenvalue weighted by Gasteiger charge is 2.14. The van der Waals surface area contributed by atoms with Gasteiger partial charge in [0, 0.05) is 23.1 Å². The number of aryl methyl sites for hydroxylation is 1. The van der Waals surface area contributed by atoms with Crippen molar-refractivity contribution in [3.63, 3.8) is 0 Å². The van der Waals surface area contributed by atoms with E-state index in [0.717, 1.165) is 17.1 Å². The highest BCUT2D eigenvalue weighted by molar-refractivity contribution is 7.98. The van der Waals surface area contributed by atoms with E-state index in [2.05, 4.69) is 17.4 Å². The number of benzene rings is 2. The van der Waals surface area contributed by atoms with E-state index in [1.165, 1.54) is 5.56 Å². The van der Waals surface area contributed by atoms with E-state index >= 15 is 0 Å². The molecule has 1 atom stereocenters. The summed E-state index contributed by atoms with van der Waals surface area (Å²) in [5.41, 5.74) is 2.22. The second-order valence-corrected chi connectivity index (χ2v) is 7.01. The molecule has 2 aromatic carbocycles. The molecule has 0 spiro atoms. The molecule has 0 aromatic heterocycles. The van der Waals surface area contributed by atoms with Crippen molar-refractivity contribution in [2.45, 2.75) is 25.7 Å². The summed E-state index contributed by atoms with van der Waals surface area (Å²) >= 11 is 7.78. The van der Waals surface area contributed by atoms with Gasteiger partial charge in [0.2, 0.25) is 0 Å². The van der Waals surface area contributed by atoms with Gasteiger partial charge in [-0.15, -0.1) is 0 Å². The molecule has 5 heteroatoms. The summed E-state index contributed by atoms with van der Waals surface area (Å²) < 4.78 is 5.66. The minimum absolute atomic E-state index is 0.108.